The number of hydrogen-bond acceptors (Lipinski definition) is 4. The molecule has 5 nitrogen and oxygen atoms in total. The van der Waals surface area contributed by atoms with Crippen LogP contribution in [0.2, 0.25) is 0 Å². The monoisotopic (exact) mass is 294 g/mol. The Bertz CT molecular complexity index is 505. The van der Waals surface area contributed by atoms with Crippen molar-refractivity contribution in [2.24, 2.45) is 5.73 Å². The van der Waals surface area contributed by atoms with Gasteiger partial charge in [-0.25, -0.2) is 4.79 Å². The zero-order valence-electron chi connectivity index (χ0n) is 13.7. The number of nitrogens with two attached hydrogens (primary N) is 1. The van der Waals surface area contributed by atoms with Gasteiger partial charge in [0.15, 0.2) is 0 Å². The van der Waals surface area contributed by atoms with Crippen LogP contribution in [0.25, 0.3) is 0 Å². The Morgan fingerprint density at radius 2 is 1.86 bits per heavy atom. The van der Waals surface area contributed by atoms with Gasteiger partial charge in [0.1, 0.15) is 11.4 Å². The van der Waals surface area contributed by atoms with Crippen LogP contribution in [0.5, 0.6) is 5.75 Å². The van der Waals surface area contributed by atoms with Crippen molar-refractivity contribution in [2.75, 3.05) is 19.0 Å². The van der Waals surface area contributed by atoms with Crippen LogP contribution in [0.15, 0.2) is 18.2 Å². The fourth-order valence-electron chi connectivity index (χ4n) is 1.75. The Morgan fingerprint density at radius 3 is 2.33 bits per heavy atom. The van der Waals surface area contributed by atoms with E-state index in [1.807, 2.05) is 32.9 Å². The molecule has 0 saturated carbocycles. The van der Waals surface area contributed by atoms with Gasteiger partial charge in [0.05, 0.1) is 12.8 Å². The van der Waals surface area contributed by atoms with Crippen LogP contribution >= 0.6 is 0 Å². The van der Waals surface area contributed by atoms with Gasteiger partial charge in [-0.05, 0) is 38.5 Å². The Kier molecular flexibility index (Phi) is 5.23. The fraction of sp³-hybridized carbons (Fsp3) is 0.562. The van der Waals surface area contributed by atoms with Gasteiger partial charge in [-0.15, -0.1) is 0 Å². The van der Waals surface area contributed by atoms with Crippen molar-refractivity contribution in [1.29, 1.82) is 0 Å². The maximum atomic E-state index is 11.8. The van der Waals surface area contributed by atoms with Gasteiger partial charge < -0.3 is 15.2 Å². The summed E-state index contributed by atoms with van der Waals surface area (Å²) in [4.78, 5) is 11.8. The van der Waals surface area contributed by atoms with Gasteiger partial charge in [-0.1, -0.05) is 19.9 Å². The summed E-state index contributed by atoms with van der Waals surface area (Å²) in [5.74, 6) is 0.583. The average molecular weight is 294 g/mol. The predicted octanol–water partition coefficient (Wildman–Crippen LogP) is 3.28. The molecular weight excluding hydrogens is 268 g/mol. The zero-order valence-corrected chi connectivity index (χ0v) is 13.7. The van der Waals surface area contributed by atoms with E-state index in [4.69, 9.17) is 15.2 Å². The number of ether oxygens (including phenoxy) is 2. The van der Waals surface area contributed by atoms with Crippen LogP contribution in [0.3, 0.4) is 0 Å². The molecule has 0 aliphatic carbocycles. The summed E-state index contributed by atoms with van der Waals surface area (Å²) in [6.45, 7) is 10.1. The van der Waals surface area contributed by atoms with Gasteiger partial charge >= 0.3 is 6.09 Å². The lowest BCUT2D eigenvalue weighted by Crippen LogP contribution is -2.28. The maximum Gasteiger partial charge on any atom is 0.412 e. The molecule has 1 rings (SSSR count). The quantitative estimate of drug-likeness (QED) is 0.893. The Labute approximate surface area is 126 Å². The first kappa shape index (κ1) is 17.3. The van der Waals surface area contributed by atoms with Crippen LogP contribution in [0.1, 0.15) is 40.2 Å². The van der Waals surface area contributed by atoms with Gasteiger partial charge in [0, 0.05) is 12.0 Å². The third-order valence-electron chi connectivity index (χ3n) is 3.13. The Balaban J connectivity index is 2.97. The third-order valence-corrected chi connectivity index (χ3v) is 3.13. The minimum Gasteiger partial charge on any atom is -0.495 e. The second-order valence-electron chi connectivity index (χ2n) is 6.63. The number of carbonyl (C=O) groups is 1. The molecule has 1 amide bonds. The van der Waals surface area contributed by atoms with Crippen LogP contribution in [0.4, 0.5) is 10.5 Å². The van der Waals surface area contributed by atoms with Crippen LogP contribution in [-0.4, -0.2) is 25.3 Å². The van der Waals surface area contributed by atoms with Crippen molar-refractivity contribution in [3.05, 3.63) is 23.8 Å². The van der Waals surface area contributed by atoms with Gasteiger partial charge in [0.25, 0.3) is 0 Å². The maximum absolute atomic E-state index is 11.8. The lowest BCUT2D eigenvalue weighted by Gasteiger charge is -2.25. The van der Waals surface area contributed by atoms with Gasteiger partial charge in [-0.3, -0.25) is 5.32 Å². The smallest absolute Gasteiger partial charge is 0.412 e. The number of benzene rings is 1. The highest BCUT2D eigenvalue weighted by molar-refractivity contribution is 5.87. The molecule has 0 spiro atoms. The molecule has 0 heterocycles. The summed E-state index contributed by atoms with van der Waals surface area (Å²) in [6.07, 6.45) is -0.508. The summed E-state index contributed by atoms with van der Waals surface area (Å²) in [5.41, 5.74) is 6.71. The molecule has 0 aromatic heterocycles. The lowest BCUT2D eigenvalue weighted by atomic mass is 9.84. The summed E-state index contributed by atoms with van der Waals surface area (Å²) in [7, 11) is 1.56. The first-order valence-corrected chi connectivity index (χ1v) is 6.97. The van der Waals surface area contributed by atoms with Crippen LogP contribution < -0.4 is 15.8 Å². The molecule has 1 aromatic carbocycles. The molecule has 0 fully saturated rings. The van der Waals surface area contributed by atoms with Crippen molar-refractivity contribution in [3.63, 3.8) is 0 Å². The number of rotatable bonds is 4. The summed E-state index contributed by atoms with van der Waals surface area (Å²) in [6, 6.07) is 5.62. The molecular formula is C16H26N2O3. The summed E-state index contributed by atoms with van der Waals surface area (Å²) >= 11 is 0. The topological polar surface area (TPSA) is 73.6 Å². The molecule has 0 saturated heterocycles. The molecule has 21 heavy (non-hydrogen) atoms. The summed E-state index contributed by atoms with van der Waals surface area (Å²) in [5, 5.41) is 2.70. The molecule has 0 atom stereocenters. The minimum absolute atomic E-state index is 0.155. The average Bonchev–Trinajstić information content (AvgIpc) is 2.36. The number of methoxy groups -OCH3 is 1. The molecule has 5 heteroatoms. The van der Waals surface area contributed by atoms with Gasteiger partial charge in [-0.2, -0.15) is 0 Å². The second kappa shape index (κ2) is 6.35. The van der Waals surface area contributed by atoms with Gasteiger partial charge in [0.2, 0.25) is 0 Å². The number of nitrogens with one attached hydrogen (secondary N) is 1. The molecule has 0 radical (unpaired) electrons. The van der Waals surface area contributed by atoms with Crippen LogP contribution in [0, 0.1) is 0 Å². The van der Waals surface area contributed by atoms with E-state index in [-0.39, 0.29) is 5.41 Å². The van der Waals surface area contributed by atoms with E-state index in [2.05, 4.69) is 19.2 Å². The zero-order chi connectivity index (χ0) is 16.3. The molecule has 0 aliphatic rings. The predicted molar refractivity (Wildman–Crippen MR) is 84.9 cm³/mol. The molecule has 0 aliphatic heterocycles. The normalized spacial score (nSPS) is 12.0. The van der Waals surface area contributed by atoms with E-state index in [1.54, 1.807) is 13.2 Å². The largest absolute Gasteiger partial charge is 0.495 e. The highest BCUT2D eigenvalue weighted by Gasteiger charge is 2.21. The van der Waals surface area contributed by atoms with E-state index in [0.717, 1.165) is 5.56 Å². The highest BCUT2D eigenvalue weighted by atomic mass is 16.6. The van der Waals surface area contributed by atoms with E-state index in [1.165, 1.54) is 0 Å². The summed E-state index contributed by atoms with van der Waals surface area (Å²) < 4.78 is 10.6. The molecule has 1 aromatic rings. The second-order valence-corrected chi connectivity index (χ2v) is 6.63. The molecule has 0 unspecified atom stereocenters. The number of hydrogen-bond donors (Lipinski definition) is 2. The molecule has 3 N–H and O–H groups in total. The third kappa shape index (κ3) is 4.93. The van der Waals surface area contributed by atoms with Crippen molar-refractivity contribution in [3.8, 4) is 5.75 Å². The van der Waals surface area contributed by atoms with E-state index < -0.39 is 11.7 Å². The standard InChI is InChI=1S/C16H26N2O3/c1-15(2,3)21-14(19)18-12-8-7-11(9-13(12)20-6)16(4,5)10-17/h7-9H,10,17H2,1-6H3,(H,18,19). The van der Waals surface area contributed by atoms with Crippen molar-refractivity contribution in [1.82, 2.24) is 0 Å². The number of amides is 1. The first-order valence-electron chi connectivity index (χ1n) is 6.97. The lowest BCUT2D eigenvalue weighted by molar-refractivity contribution is 0.0635. The van der Waals surface area contributed by atoms with Crippen molar-refractivity contribution in [2.45, 2.75) is 45.6 Å². The molecule has 118 valence electrons. The number of carbonyl (C=O) groups excluding carboxylic acids is 1. The highest BCUT2D eigenvalue weighted by Crippen LogP contribution is 2.31. The fourth-order valence-corrected chi connectivity index (χ4v) is 1.75. The Hall–Kier alpha value is -1.75. The van der Waals surface area contributed by atoms with Crippen LogP contribution in [-0.2, 0) is 10.2 Å². The van der Waals surface area contributed by atoms with Crippen molar-refractivity contribution < 1.29 is 14.3 Å². The van der Waals surface area contributed by atoms with E-state index in [9.17, 15) is 4.79 Å². The minimum atomic E-state index is -0.543. The first-order chi connectivity index (χ1) is 9.59. The van der Waals surface area contributed by atoms with E-state index >= 15 is 0 Å². The van der Waals surface area contributed by atoms with E-state index in [0.29, 0.717) is 18.0 Å². The Morgan fingerprint density at radius 1 is 1.24 bits per heavy atom. The number of anilines is 1. The SMILES string of the molecule is COc1cc(C(C)(C)CN)ccc1NC(=O)OC(C)(C)C. The van der Waals surface area contributed by atoms with Crippen molar-refractivity contribution >= 4 is 11.8 Å². The molecule has 0 bridgehead atoms.